The Kier molecular flexibility index (Phi) is 5.66. The maximum Gasteiger partial charge on any atom is 0.332 e. The molecule has 0 aliphatic rings. The number of aromatic amines is 1. The second kappa shape index (κ2) is 7.70. The van der Waals surface area contributed by atoms with Crippen LogP contribution in [-0.4, -0.2) is 17.1 Å². The number of aromatic nitrogens is 1. The summed E-state index contributed by atoms with van der Waals surface area (Å²) in [6.07, 6.45) is 10.2. The fourth-order valence-corrected chi connectivity index (χ4v) is 2.70. The number of carbonyl (C=O) groups is 1. The van der Waals surface area contributed by atoms with E-state index in [1.165, 1.54) is 0 Å². The molecular weight excluding hydrogens is 300 g/mol. The molecule has 124 valence electrons. The summed E-state index contributed by atoms with van der Waals surface area (Å²) in [4.78, 5) is 15.8. The zero-order valence-electron chi connectivity index (χ0n) is 14.1. The lowest BCUT2D eigenvalue weighted by Crippen LogP contribution is -2.35. The van der Waals surface area contributed by atoms with Crippen molar-refractivity contribution in [3.8, 4) is 18.4 Å². The SMILES string of the molecule is C#C[C@@H](CCCCC)OC(=O)[C@](C)(C#N)c1c[nH]c2ccccc12. The van der Waals surface area contributed by atoms with Gasteiger partial charge in [0.1, 0.15) is 0 Å². The highest BCUT2D eigenvalue weighted by Gasteiger charge is 2.40. The lowest BCUT2D eigenvalue weighted by molar-refractivity contribution is -0.151. The maximum absolute atomic E-state index is 12.7. The third-order valence-corrected chi connectivity index (χ3v) is 4.26. The van der Waals surface area contributed by atoms with Crippen LogP contribution in [0.5, 0.6) is 0 Å². The first-order valence-corrected chi connectivity index (χ1v) is 8.21. The molecule has 0 spiro atoms. The number of H-pyrrole nitrogens is 1. The average Bonchev–Trinajstić information content (AvgIpc) is 3.04. The van der Waals surface area contributed by atoms with Gasteiger partial charge in [-0.3, -0.25) is 0 Å². The number of esters is 1. The van der Waals surface area contributed by atoms with Crippen LogP contribution in [0.25, 0.3) is 10.9 Å². The molecule has 2 atom stereocenters. The van der Waals surface area contributed by atoms with Gasteiger partial charge in [0.15, 0.2) is 11.5 Å². The van der Waals surface area contributed by atoms with E-state index in [0.717, 1.165) is 30.2 Å². The monoisotopic (exact) mass is 322 g/mol. The molecule has 1 aromatic heterocycles. The van der Waals surface area contributed by atoms with Gasteiger partial charge in [-0.25, -0.2) is 4.79 Å². The minimum Gasteiger partial charge on any atom is -0.448 e. The summed E-state index contributed by atoms with van der Waals surface area (Å²) in [5.41, 5.74) is 0.0765. The Morgan fingerprint density at radius 3 is 2.83 bits per heavy atom. The first-order valence-electron chi connectivity index (χ1n) is 8.21. The van der Waals surface area contributed by atoms with Crippen LogP contribution in [-0.2, 0) is 14.9 Å². The van der Waals surface area contributed by atoms with Gasteiger partial charge in [-0.2, -0.15) is 5.26 Å². The van der Waals surface area contributed by atoms with Crippen LogP contribution >= 0.6 is 0 Å². The number of rotatable bonds is 7. The lowest BCUT2D eigenvalue weighted by atomic mass is 9.84. The average molecular weight is 322 g/mol. The van der Waals surface area contributed by atoms with Gasteiger partial charge in [-0.1, -0.05) is 43.9 Å². The number of carbonyl (C=O) groups excluding carboxylic acids is 1. The Hall–Kier alpha value is -2.72. The molecule has 2 rings (SSSR count). The number of nitriles is 1. The van der Waals surface area contributed by atoms with Crippen molar-refractivity contribution in [1.82, 2.24) is 4.98 Å². The molecule has 0 fully saturated rings. The smallest absolute Gasteiger partial charge is 0.332 e. The van der Waals surface area contributed by atoms with E-state index in [4.69, 9.17) is 11.2 Å². The third-order valence-electron chi connectivity index (χ3n) is 4.26. The van der Waals surface area contributed by atoms with Crippen molar-refractivity contribution in [2.45, 2.75) is 51.0 Å². The third kappa shape index (κ3) is 3.44. The zero-order chi connectivity index (χ0) is 17.6. The second-order valence-electron chi connectivity index (χ2n) is 6.04. The minimum absolute atomic E-state index is 0.595. The van der Waals surface area contributed by atoms with E-state index in [0.29, 0.717) is 12.0 Å². The van der Waals surface area contributed by atoms with Crippen molar-refractivity contribution in [3.63, 3.8) is 0 Å². The number of para-hydroxylation sites is 1. The first kappa shape index (κ1) is 17.6. The second-order valence-corrected chi connectivity index (χ2v) is 6.04. The molecule has 0 amide bonds. The number of nitrogens with zero attached hydrogens (tertiary/aromatic N) is 1. The summed E-state index contributed by atoms with van der Waals surface area (Å²) in [6, 6.07) is 9.65. The lowest BCUT2D eigenvalue weighted by Gasteiger charge is -2.22. The fourth-order valence-electron chi connectivity index (χ4n) is 2.70. The van der Waals surface area contributed by atoms with E-state index in [2.05, 4.69) is 23.9 Å². The highest BCUT2D eigenvalue weighted by molar-refractivity contribution is 5.94. The van der Waals surface area contributed by atoms with Crippen molar-refractivity contribution in [3.05, 3.63) is 36.0 Å². The number of hydrogen-bond acceptors (Lipinski definition) is 3. The summed E-state index contributed by atoms with van der Waals surface area (Å²) in [5.74, 6) is 1.91. The van der Waals surface area contributed by atoms with Gasteiger partial charge >= 0.3 is 5.97 Å². The van der Waals surface area contributed by atoms with Gasteiger partial charge in [-0.05, 0) is 25.8 Å². The Balaban J connectivity index is 2.24. The summed E-state index contributed by atoms with van der Waals surface area (Å²) >= 11 is 0. The van der Waals surface area contributed by atoms with E-state index in [-0.39, 0.29) is 0 Å². The normalized spacial score (nSPS) is 14.3. The van der Waals surface area contributed by atoms with Crippen LogP contribution < -0.4 is 0 Å². The van der Waals surface area contributed by atoms with E-state index in [1.807, 2.05) is 24.3 Å². The molecule has 0 aliphatic carbocycles. The molecular formula is C20H22N2O2. The summed E-state index contributed by atoms with van der Waals surface area (Å²) in [6.45, 7) is 3.67. The molecule has 0 unspecified atom stereocenters. The number of unbranched alkanes of at least 4 members (excludes halogenated alkanes) is 2. The Morgan fingerprint density at radius 1 is 1.42 bits per heavy atom. The molecule has 1 heterocycles. The van der Waals surface area contributed by atoms with Crippen LogP contribution in [0.4, 0.5) is 0 Å². The number of hydrogen-bond donors (Lipinski definition) is 1. The van der Waals surface area contributed by atoms with Crippen molar-refractivity contribution < 1.29 is 9.53 Å². The fraction of sp³-hybridized carbons (Fsp3) is 0.400. The van der Waals surface area contributed by atoms with Crippen LogP contribution in [0.2, 0.25) is 0 Å². The number of fused-ring (bicyclic) bond motifs is 1. The minimum atomic E-state index is -1.40. The molecule has 4 heteroatoms. The topological polar surface area (TPSA) is 65.9 Å². The Bertz CT molecular complexity index is 794. The molecule has 24 heavy (non-hydrogen) atoms. The molecule has 0 aliphatic heterocycles. The summed E-state index contributed by atoms with van der Waals surface area (Å²) < 4.78 is 5.46. The van der Waals surface area contributed by atoms with Crippen LogP contribution in [0.3, 0.4) is 0 Å². The molecule has 1 N–H and O–H groups in total. The van der Waals surface area contributed by atoms with E-state index in [9.17, 15) is 10.1 Å². The van der Waals surface area contributed by atoms with Gasteiger partial charge in [-0.15, -0.1) is 6.42 Å². The molecule has 0 radical (unpaired) electrons. The first-order chi connectivity index (χ1) is 11.6. The van der Waals surface area contributed by atoms with Crippen molar-refractivity contribution in [2.75, 3.05) is 0 Å². The number of ether oxygens (including phenoxy) is 1. The highest BCUT2D eigenvalue weighted by atomic mass is 16.5. The molecule has 2 aromatic rings. The van der Waals surface area contributed by atoms with Crippen molar-refractivity contribution in [2.24, 2.45) is 0 Å². The molecule has 4 nitrogen and oxygen atoms in total. The standard InChI is InChI=1S/C20H22N2O2/c1-4-6-7-10-15(5-2)24-19(23)20(3,14-21)17-13-22-18-12-9-8-11-16(17)18/h2,8-9,11-13,15,22H,4,6-7,10H2,1,3H3/t15-,20+/m0/s1. The van der Waals surface area contributed by atoms with Gasteiger partial charge < -0.3 is 9.72 Å². The van der Waals surface area contributed by atoms with E-state index in [1.54, 1.807) is 13.1 Å². The summed E-state index contributed by atoms with van der Waals surface area (Å²) in [7, 11) is 0. The Labute approximate surface area is 142 Å². The number of nitrogens with one attached hydrogen (secondary N) is 1. The van der Waals surface area contributed by atoms with Gasteiger partial charge in [0, 0.05) is 22.7 Å². The van der Waals surface area contributed by atoms with Crippen LogP contribution in [0, 0.1) is 23.7 Å². The molecule has 0 bridgehead atoms. The van der Waals surface area contributed by atoms with Gasteiger partial charge in [0.05, 0.1) is 6.07 Å². The van der Waals surface area contributed by atoms with Crippen molar-refractivity contribution >= 4 is 16.9 Å². The quantitative estimate of drug-likeness (QED) is 0.474. The molecule has 1 aromatic carbocycles. The largest absolute Gasteiger partial charge is 0.448 e. The van der Waals surface area contributed by atoms with Gasteiger partial charge in [0.2, 0.25) is 0 Å². The number of benzene rings is 1. The van der Waals surface area contributed by atoms with Crippen LogP contribution in [0.15, 0.2) is 30.5 Å². The van der Waals surface area contributed by atoms with Gasteiger partial charge in [0.25, 0.3) is 0 Å². The predicted molar refractivity (Wildman–Crippen MR) is 94.1 cm³/mol. The molecule has 0 saturated carbocycles. The molecule has 0 saturated heterocycles. The van der Waals surface area contributed by atoms with Crippen LogP contribution in [0.1, 0.15) is 45.1 Å². The van der Waals surface area contributed by atoms with E-state index < -0.39 is 17.5 Å². The summed E-state index contributed by atoms with van der Waals surface area (Å²) in [5, 5.41) is 10.5. The predicted octanol–water partition coefficient (Wildman–Crippen LogP) is 4.07. The maximum atomic E-state index is 12.7. The Morgan fingerprint density at radius 2 is 2.17 bits per heavy atom. The highest BCUT2D eigenvalue weighted by Crippen LogP contribution is 2.32. The van der Waals surface area contributed by atoms with E-state index >= 15 is 0 Å². The number of terminal acetylenes is 1. The zero-order valence-corrected chi connectivity index (χ0v) is 14.1. The van der Waals surface area contributed by atoms with Crippen molar-refractivity contribution in [1.29, 1.82) is 5.26 Å².